The van der Waals surface area contributed by atoms with Crippen LogP contribution in [-0.4, -0.2) is 55.0 Å². The number of carbonyl (C=O) groups is 1. The minimum atomic E-state index is 0.0837. The van der Waals surface area contributed by atoms with E-state index in [-0.39, 0.29) is 5.41 Å². The van der Waals surface area contributed by atoms with E-state index < -0.39 is 0 Å². The summed E-state index contributed by atoms with van der Waals surface area (Å²) >= 11 is 0. The molecule has 0 radical (unpaired) electrons. The first-order valence-electron chi connectivity index (χ1n) is 15.3. The molecule has 0 aromatic heterocycles. The highest BCUT2D eigenvalue weighted by Crippen LogP contribution is 2.50. The van der Waals surface area contributed by atoms with Gasteiger partial charge in [-0.05, 0) is 86.6 Å². The van der Waals surface area contributed by atoms with Crippen LogP contribution in [0.3, 0.4) is 0 Å². The molecule has 1 amide bonds. The Kier molecular flexibility index (Phi) is 10.7. The molecule has 4 rings (SSSR count). The van der Waals surface area contributed by atoms with Gasteiger partial charge in [0.15, 0.2) is 0 Å². The summed E-state index contributed by atoms with van der Waals surface area (Å²) in [6.07, 6.45) is 11.5. The molecule has 1 heterocycles. The summed E-state index contributed by atoms with van der Waals surface area (Å²) < 4.78 is 5.65. The van der Waals surface area contributed by atoms with Crippen molar-refractivity contribution < 1.29 is 9.53 Å². The molecule has 0 unspecified atom stereocenters. The summed E-state index contributed by atoms with van der Waals surface area (Å²) in [5.41, 5.74) is 2.87. The van der Waals surface area contributed by atoms with Crippen molar-refractivity contribution in [3.63, 3.8) is 0 Å². The van der Waals surface area contributed by atoms with Crippen molar-refractivity contribution in [3.8, 4) is 5.75 Å². The van der Waals surface area contributed by atoms with Gasteiger partial charge in [0.1, 0.15) is 5.75 Å². The number of likely N-dealkylation sites (tertiary alicyclic amines) is 1. The molecule has 2 fully saturated rings. The zero-order chi connectivity index (χ0) is 27.7. The van der Waals surface area contributed by atoms with Gasteiger partial charge in [-0.2, -0.15) is 0 Å². The van der Waals surface area contributed by atoms with E-state index in [1.54, 1.807) is 7.11 Å². The largest absolute Gasteiger partial charge is 0.497 e. The Morgan fingerprint density at radius 2 is 1.95 bits per heavy atom. The number of nitrogens with zero attached hydrogens (tertiary/aromatic N) is 2. The average Bonchev–Trinajstić information content (AvgIpc) is 2.96. The molecule has 0 spiro atoms. The highest BCUT2D eigenvalue weighted by molar-refractivity contribution is 5.76. The van der Waals surface area contributed by atoms with Gasteiger partial charge in [0.25, 0.3) is 0 Å². The average molecular weight is 531 g/mol. The van der Waals surface area contributed by atoms with E-state index in [1.807, 2.05) is 6.08 Å². The molecule has 0 N–H and O–H groups in total. The summed E-state index contributed by atoms with van der Waals surface area (Å²) in [5.74, 6) is 2.34. The van der Waals surface area contributed by atoms with Crippen LogP contribution in [0.5, 0.6) is 5.75 Å². The second kappa shape index (κ2) is 14.2. The maximum absolute atomic E-state index is 13.7. The van der Waals surface area contributed by atoms with E-state index >= 15 is 0 Å². The van der Waals surface area contributed by atoms with Crippen molar-refractivity contribution in [2.45, 2.75) is 83.1 Å². The molecule has 3 atom stereocenters. The highest BCUT2D eigenvalue weighted by atomic mass is 16.5. The maximum atomic E-state index is 13.7. The van der Waals surface area contributed by atoms with E-state index in [9.17, 15) is 4.79 Å². The second-order valence-corrected chi connectivity index (χ2v) is 12.3. The minimum Gasteiger partial charge on any atom is -0.497 e. The number of piperidine rings is 1. The summed E-state index contributed by atoms with van der Waals surface area (Å²) in [6.45, 7) is 12.5. The van der Waals surface area contributed by atoms with Gasteiger partial charge < -0.3 is 9.64 Å². The Morgan fingerprint density at radius 1 is 1.13 bits per heavy atom. The lowest BCUT2D eigenvalue weighted by molar-refractivity contribution is -0.136. The molecule has 2 aliphatic rings. The van der Waals surface area contributed by atoms with Crippen molar-refractivity contribution in [3.05, 3.63) is 78.4 Å². The van der Waals surface area contributed by atoms with Gasteiger partial charge in [0, 0.05) is 37.5 Å². The van der Waals surface area contributed by atoms with Crippen LogP contribution < -0.4 is 4.74 Å². The van der Waals surface area contributed by atoms with Crippen molar-refractivity contribution in [1.82, 2.24) is 9.80 Å². The highest BCUT2D eigenvalue weighted by Gasteiger charge is 2.49. The van der Waals surface area contributed by atoms with Crippen LogP contribution in [0.1, 0.15) is 76.3 Å². The fraction of sp³-hybridized carbons (Fsp3) is 0.571. The maximum Gasteiger partial charge on any atom is 0.222 e. The number of rotatable bonds is 13. The molecule has 1 aliphatic heterocycles. The number of fused-ring (bicyclic) bond motifs is 1. The summed E-state index contributed by atoms with van der Waals surface area (Å²) in [4.78, 5) is 18.6. The Balaban J connectivity index is 1.46. The minimum absolute atomic E-state index is 0.0837. The molecule has 1 aliphatic carbocycles. The van der Waals surface area contributed by atoms with Gasteiger partial charge in [0.05, 0.1) is 7.11 Å². The molecule has 212 valence electrons. The van der Waals surface area contributed by atoms with Gasteiger partial charge in [0.2, 0.25) is 5.91 Å². The van der Waals surface area contributed by atoms with Crippen LogP contribution in [-0.2, 0) is 16.6 Å². The first kappa shape index (κ1) is 29.4. The first-order valence-corrected chi connectivity index (χ1v) is 15.3. The quantitative estimate of drug-likeness (QED) is 0.201. The molecule has 2 aromatic rings. The van der Waals surface area contributed by atoms with Crippen molar-refractivity contribution in [1.29, 1.82) is 0 Å². The number of hydrogen-bond donors (Lipinski definition) is 0. The summed E-state index contributed by atoms with van der Waals surface area (Å²) in [7, 11) is 1.76. The second-order valence-electron chi connectivity index (χ2n) is 12.3. The summed E-state index contributed by atoms with van der Waals surface area (Å²) in [5, 5.41) is 0. The number of carbonyl (C=O) groups excluding carboxylic acids is 1. The fourth-order valence-corrected chi connectivity index (χ4v) is 7.16. The van der Waals surface area contributed by atoms with Crippen LogP contribution in [0.15, 0.2) is 67.3 Å². The van der Waals surface area contributed by atoms with Gasteiger partial charge in [-0.25, -0.2) is 0 Å². The zero-order valence-corrected chi connectivity index (χ0v) is 24.6. The number of unbranched alkanes of at least 4 members (excludes halogenated alkanes) is 2. The Hall–Kier alpha value is -2.59. The number of ether oxygens (including phenoxy) is 1. The molecule has 1 saturated carbocycles. The Labute approximate surface area is 237 Å². The third-order valence-corrected chi connectivity index (χ3v) is 9.14. The van der Waals surface area contributed by atoms with Crippen LogP contribution in [0, 0.1) is 11.8 Å². The Bertz CT molecular complexity index is 1050. The van der Waals surface area contributed by atoms with E-state index in [4.69, 9.17) is 4.74 Å². The third-order valence-electron chi connectivity index (χ3n) is 9.14. The monoisotopic (exact) mass is 530 g/mol. The van der Waals surface area contributed by atoms with Gasteiger partial charge >= 0.3 is 0 Å². The number of amides is 1. The molecule has 4 nitrogen and oxygen atoms in total. The van der Waals surface area contributed by atoms with Gasteiger partial charge in [-0.1, -0.05) is 68.8 Å². The normalized spacial score (nSPS) is 23.3. The summed E-state index contributed by atoms with van der Waals surface area (Å²) in [6, 6.07) is 19.8. The van der Waals surface area contributed by atoms with Gasteiger partial charge in [-0.15, -0.1) is 6.58 Å². The topological polar surface area (TPSA) is 32.8 Å². The molecular formula is C35H50N2O2. The number of aryl methyl sites for hydroxylation is 1. The molecule has 4 heteroatoms. The van der Waals surface area contributed by atoms with Crippen LogP contribution in [0.4, 0.5) is 0 Å². The zero-order valence-electron chi connectivity index (χ0n) is 24.6. The first-order chi connectivity index (χ1) is 18.9. The van der Waals surface area contributed by atoms with Crippen molar-refractivity contribution in [2.75, 3.05) is 33.3 Å². The third kappa shape index (κ3) is 7.54. The molecular weight excluding hydrogens is 480 g/mol. The smallest absolute Gasteiger partial charge is 0.222 e. The van der Waals surface area contributed by atoms with Crippen LogP contribution >= 0.6 is 0 Å². The van der Waals surface area contributed by atoms with E-state index in [0.29, 0.717) is 30.2 Å². The predicted molar refractivity (Wildman–Crippen MR) is 162 cm³/mol. The van der Waals surface area contributed by atoms with E-state index in [0.717, 1.165) is 83.3 Å². The van der Waals surface area contributed by atoms with Crippen molar-refractivity contribution in [2.24, 2.45) is 11.8 Å². The molecule has 39 heavy (non-hydrogen) atoms. The fourth-order valence-electron chi connectivity index (χ4n) is 7.16. The molecule has 2 aromatic carbocycles. The SMILES string of the molecule is C=CCN1CC[C@@]2(c3cccc(OC)c3)C[C@@H](N(CC(C)C)C(=O)CCCCCc3ccccc3)CC[C@@H]2C1. The van der Waals surface area contributed by atoms with E-state index in [2.05, 4.69) is 84.8 Å². The number of methoxy groups -OCH3 is 1. The Morgan fingerprint density at radius 3 is 2.69 bits per heavy atom. The van der Waals surface area contributed by atoms with Crippen molar-refractivity contribution >= 4 is 5.91 Å². The van der Waals surface area contributed by atoms with Crippen LogP contribution in [0.25, 0.3) is 0 Å². The number of hydrogen-bond acceptors (Lipinski definition) is 3. The lowest BCUT2D eigenvalue weighted by Crippen LogP contribution is -2.57. The predicted octanol–water partition coefficient (Wildman–Crippen LogP) is 7.28. The van der Waals surface area contributed by atoms with Crippen LogP contribution in [0.2, 0.25) is 0 Å². The molecule has 0 bridgehead atoms. The van der Waals surface area contributed by atoms with Gasteiger partial charge in [-0.3, -0.25) is 9.69 Å². The number of benzene rings is 2. The van der Waals surface area contributed by atoms with E-state index in [1.165, 1.54) is 11.1 Å². The lowest BCUT2D eigenvalue weighted by atomic mass is 9.57. The standard InChI is InChI=1S/C35H50N2O2/c1-5-22-36-23-21-35(30-16-12-17-33(24-30)39-4)25-32(20-19-31(35)27-36)37(26-28(2)3)34(38)18-11-7-10-15-29-13-8-6-9-14-29/h5-6,8-9,12-14,16-17,24,28,31-32H,1,7,10-11,15,18-23,25-27H2,2-4H3/t31-,32+,35+/m1/s1. The molecule has 1 saturated heterocycles. The lowest BCUT2D eigenvalue weighted by Gasteiger charge is -2.54.